The number of benzene rings is 1. The van der Waals surface area contributed by atoms with E-state index in [-0.39, 0.29) is 17.8 Å². The van der Waals surface area contributed by atoms with Gasteiger partial charge in [-0.1, -0.05) is 11.2 Å². The first-order valence-corrected chi connectivity index (χ1v) is 8.03. The van der Waals surface area contributed by atoms with E-state index in [1.54, 1.807) is 24.3 Å². The van der Waals surface area contributed by atoms with Gasteiger partial charge in [0.25, 0.3) is 5.91 Å². The predicted molar refractivity (Wildman–Crippen MR) is 91.7 cm³/mol. The fourth-order valence-corrected chi connectivity index (χ4v) is 2.78. The number of ether oxygens (including phenoxy) is 3. The minimum Gasteiger partial charge on any atom is -0.493 e. The molecule has 1 aromatic carbocycles. The van der Waals surface area contributed by atoms with Crippen molar-refractivity contribution in [1.29, 1.82) is 0 Å². The number of hydrogen-bond acceptors (Lipinski definition) is 8. The van der Waals surface area contributed by atoms with E-state index in [2.05, 4.69) is 15.5 Å². The number of methoxy groups -OCH3 is 3. The van der Waals surface area contributed by atoms with Crippen LogP contribution in [0.1, 0.15) is 9.67 Å². The number of rotatable bonds is 6. The molecule has 2 heterocycles. The summed E-state index contributed by atoms with van der Waals surface area (Å²) in [7, 11) is 4.55. The van der Waals surface area contributed by atoms with Crippen LogP contribution in [0.4, 0.5) is 6.01 Å². The lowest BCUT2D eigenvalue weighted by Crippen LogP contribution is -2.10. The molecule has 0 unspecified atom stereocenters. The van der Waals surface area contributed by atoms with Gasteiger partial charge in [0.2, 0.25) is 11.6 Å². The monoisotopic (exact) mass is 361 g/mol. The number of nitrogens with zero attached hydrogens (tertiary/aromatic N) is 2. The maximum absolute atomic E-state index is 12.0. The molecule has 9 heteroatoms. The van der Waals surface area contributed by atoms with Gasteiger partial charge in [0, 0.05) is 5.56 Å². The maximum atomic E-state index is 12.0. The van der Waals surface area contributed by atoms with Gasteiger partial charge in [0.15, 0.2) is 11.5 Å². The molecule has 0 spiro atoms. The molecule has 0 aliphatic rings. The van der Waals surface area contributed by atoms with Crippen molar-refractivity contribution in [3.05, 3.63) is 34.5 Å². The van der Waals surface area contributed by atoms with E-state index in [9.17, 15) is 4.79 Å². The summed E-state index contributed by atoms with van der Waals surface area (Å²) in [5.41, 5.74) is 0.568. The van der Waals surface area contributed by atoms with Crippen molar-refractivity contribution in [2.24, 2.45) is 0 Å². The third kappa shape index (κ3) is 3.41. The summed E-state index contributed by atoms with van der Waals surface area (Å²) in [5.74, 6) is 1.27. The molecule has 0 saturated carbocycles. The fraction of sp³-hybridized carbons (Fsp3) is 0.188. The third-order valence-corrected chi connectivity index (χ3v) is 4.17. The van der Waals surface area contributed by atoms with Gasteiger partial charge in [0.05, 0.1) is 26.2 Å². The van der Waals surface area contributed by atoms with Gasteiger partial charge in [-0.2, -0.15) is 0 Å². The first-order valence-electron chi connectivity index (χ1n) is 7.15. The zero-order valence-corrected chi connectivity index (χ0v) is 14.5. The number of anilines is 1. The zero-order valence-electron chi connectivity index (χ0n) is 13.7. The average Bonchev–Trinajstić information content (AvgIpc) is 3.32. The summed E-state index contributed by atoms with van der Waals surface area (Å²) in [4.78, 5) is 12.6. The molecule has 0 aliphatic carbocycles. The number of carbonyl (C=O) groups excluding carboxylic acids is 1. The van der Waals surface area contributed by atoms with Crippen molar-refractivity contribution in [3.8, 4) is 28.7 Å². The van der Waals surface area contributed by atoms with Gasteiger partial charge in [-0.3, -0.25) is 10.1 Å². The molecule has 0 atom stereocenters. The number of carbonyl (C=O) groups is 1. The van der Waals surface area contributed by atoms with Crippen LogP contribution in [0, 0.1) is 0 Å². The normalized spacial score (nSPS) is 10.4. The number of nitrogens with one attached hydrogen (secondary N) is 1. The van der Waals surface area contributed by atoms with Gasteiger partial charge in [-0.05, 0) is 23.6 Å². The molecule has 0 fully saturated rings. The quantitative estimate of drug-likeness (QED) is 0.721. The van der Waals surface area contributed by atoms with Crippen LogP contribution in [0.25, 0.3) is 11.5 Å². The van der Waals surface area contributed by atoms with E-state index < -0.39 is 0 Å². The van der Waals surface area contributed by atoms with Gasteiger partial charge >= 0.3 is 6.01 Å². The second kappa shape index (κ2) is 7.22. The molecule has 25 heavy (non-hydrogen) atoms. The smallest absolute Gasteiger partial charge is 0.322 e. The van der Waals surface area contributed by atoms with Gasteiger partial charge in [-0.15, -0.1) is 16.4 Å². The van der Waals surface area contributed by atoms with Crippen LogP contribution in [-0.4, -0.2) is 37.4 Å². The second-order valence-corrected chi connectivity index (χ2v) is 5.71. The zero-order chi connectivity index (χ0) is 17.8. The van der Waals surface area contributed by atoms with E-state index in [0.717, 1.165) is 0 Å². The first kappa shape index (κ1) is 16.8. The molecule has 0 aliphatic heterocycles. The number of aromatic nitrogens is 2. The Morgan fingerprint density at radius 3 is 2.40 bits per heavy atom. The standard InChI is InChI=1S/C16H15N3O5S/c1-21-10-7-9(8-11(22-2)13(10)23-3)15-18-19-16(24-15)17-14(20)12-5-4-6-25-12/h4-8H,1-3H3,(H,17,19,20). The van der Waals surface area contributed by atoms with Crippen molar-refractivity contribution in [2.75, 3.05) is 26.6 Å². The Bertz CT molecular complexity index is 851. The average molecular weight is 361 g/mol. The Morgan fingerprint density at radius 2 is 1.84 bits per heavy atom. The largest absolute Gasteiger partial charge is 0.493 e. The molecule has 1 N–H and O–H groups in total. The molecule has 8 nitrogen and oxygen atoms in total. The van der Waals surface area contributed by atoms with Crippen molar-refractivity contribution < 1.29 is 23.4 Å². The summed E-state index contributed by atoms with van der Waals surface area (Å²) < 4.78 is 21.4. The van der Waals surface area contributed by atoms with E-state index in [4.69, 9.17) is 18.6 Å². The highest BCUT2D eigenvalue weighted by Crippen LogP contribution is 2.41. The molecule has 0 radical (unpaired) electrons. The highest BCUT2D eigenvalue weighted by Gasteiger charge is 2.18. The molecule has 0 saturated heterocycles. The van der Waals surface area contributed by atoms with Crippen molar-refractivity contribution in [2.45, 2.75) is 0 Å². The number of amides is 1. The molecule has 3 rings (SSSR count). The lowest BCUT2D eigenvalue weighted by atomic mass is 10.2. The molecule has 2 aromatic heterocycles. The van der Waals surface area contributed by atoms with Crippen LogP contribution >= 0.6 is 11.3 Å². The minimum atomic E-state index is -0.310. The lowest BCUT2D eigenvalue weighted by Gasteiger charge is -2.12. The van der Waals surface area contributed by atoms with Crippen molar-refractivity contribution in [3.63, 3.8) is 0 Å². The molecule has 1 amide bonds. The van der Waals surface area contributed by atoms with Crippen LogP contribution < -0.4 is 19.5 Å². The predicted octanol–water partition coefficient (Wildman–Crippen LogP) is 3.08. The minimum absolute atomic E-state index is 0.00199. The molecular formula is C16H15N3O5S. The van der Waals surface area contributed by atoms with Gasteiger partial charge in [-0.25, -0.2) is 0 Å². The van der Waals surface area contributed by atoms with Crippen LogP contribution in [-0.2, 0) is 0 Å². The Kier molecular flexibility index (Phi) is 4.85. The molecule has 3 aromatic rings. The molecule has 0 bridgehead atoms. The SMILES string of the molecule is COc1cc(-c2nnc(NC(=O)c3cccs3)o2)cc(OC)c1OC. The lowest BCUT2D eigenvalue weighted by molar-refractivity contribution is 0.102. The highest BCUT2D eigenvalue weighted by atomic mass is 32.1. The summed E-state index contributed by atoms with van der Waals surface area (Å²) in [5, 5.41) is 12.2. The Balaban J connectivity index is 1.88. The van der Waals surface area contributed by atoms with E-state index in [0.29, 0.717) is 27.7 Å². The summed E-state index contributed by atoms with van der Waals surface area (Å²) in [6.07, 6.45) is 0. The summed E-state index contributed by atoms with van der Waals surface area (Å²) in [6, 6.07) is 6.85. The Labute approximate surface area is 147 Å². The summed E-state index contributed by atoms with van der Waals surface area (Å²) >= 11 is 1.32. The molecular weight excluding hydrogens is 346 g/mol. The van der Waals surface area contributed by atoms with E-state index >= 15 is 0 Å². The van der Waals surface area contributed by atoms with Crippen molar-refractivity contribution in [1.82, 2.24) is 10.2 Å². The van der Waals surface area contributed by atoms with Crippen LogP contribution in [0.3, 0.4) is 0 Å². The Morgan fingerprint density at radius 1 is 1.12 bits per heavy atom. The van der Waals surface area contributed by atoms with Crippen molar-refractivity contribution >= 4 is 23.3 Å². The van der Waals surface area contributed by atoms with Crippen LogP contribution in [0.2, 0.25) is 0 Å². The first-order chi connectivity index (χ1) is 12.2. The number of hydrogen-bond donors (Lipinski definition) is 1. The maximum Gasteiger partial charge on any atom is 0.322 e. The molecule has 130 valence electrons. The van der Waals surface area contributed by atoms with Crippen LogP contribution in [0.15, 0.2) is 34.1 Å². The topological polar surface area (TPSA) is 95.7 Å². The second-order valence-electron chi connectivity index (χ2n) is 4.76. The third-order valence-electron chi connectivity index (χ3n) is 3.30. The van der Waals surface area contributed by atoms with E-state index in [1.807, 2.05) is 5.38 Å². The van der Waals surface area contributed by atoms with Gasteiger partial charge < -0.3 is 18.6 Å². The van der Waals surface area contributed by atoms with E-state index in [1.165, 1.54) is 32.7 Å². The summed E-state index contributed by atoms with van der Waals surface area (Å²) in [6.45, 7) is 0. The van der Waals surface area contributed by atoms with Gasteiger partial charge in [0.1, 0.15) is 0 Å². The number of thiophene rings is 1. The fourth-order valence-electron chi connectivity index (χ4n) is 2.16. The highest BCUT2D eigenvalue weighted by molar-refractivity contribution is 7.12. The Hall–Kier alpha value is -3.07. The van der Waals surface area contributed by atoms with Crippen LogP contribution in [0.5, 0.6) is 17.2 Å².